The van der Waals surface area contributed by atoms with Crippen LogP contribution in [0.5, 0.6) is 0 Å². The molecule has 24 heavy (non-hydrogen) atoms. The van der Waals surface area contributed by atoms with E-state index in [-0.39, 0.29) is 17.9 Å². The van der Waals surface area contributed by atoms with Crippen LogP contribution in [0.1, 0.15) is 58.8 Å². The maximum atomic E-state index is 12.9. The molecule has 0 bridgehead atoms. The summed E-state index contributed by atoms with van der Waals surface area (Å²) in [6.07, 6.45) is 6.97. The average molecular weight is 338 g/mol. The molecule has 1 saturated carbocycles. The number of hydrogen-bond donors (Lipinski definition) is 1. The number of nitrogens with one attached hydrogen (secondary N) is 1. The highest BCUT2D eigenvalue weighted by Gasteiger charge is 2.45. The number of carbonyl (C=O) groups excluding carboxylic acids is 2. The minimum absolute atomic E-state index is 0.0938. The van der Waals surface area contributed by atoms with Crippen LogP contribution in [0.25, 0.3) is 0 Å². The van der Waals surface area contributed by atoms with E-state index in [1.165, 1.54) is 6.42 Å². The quantitative estimate of drug-likeness (QED) is 0.797. The van der Waals surface area contributed by atoms with E-state index < -0.39 is 11.2 Å². The van der Waals surface area contributed by atoms with Gasteiger partial charge in [0.2, 0.25) is 11.8 Å². The number of rotatable bonds is 3. The van der Waals surface area contributed by atoms with Gasteiger partial charge in [0.05, 0.1) is 13.2 Å². The Labute approximate surface area is 144 Å². The summed E-state index contributed by atoms with van der Waals surface area (Å²) in [6.45, 7) is 5.89. The van der Waals surface area contributed by atoms with Gasteiger partial charge < -0.3 is 19.7 Å². The van der Waals surface area contributed by atoms with Crippen molar-refractivity contribution in [3.8, 4) is 0 Å². The lowest BCUT2D eigenvalue weighted by Crippen LogP contribution is -2.55. The summed E-state index contributed by atoms with van der Waals surface area (Å²) in [5.41, 5.74) is -1.03. The van der Waals surface area contributed by atoms with E-state index in [1.54, 1.807) is 18.7 Å². The number of amides is 2. The van der Waals surface area contributed by atoms with Gasteiger partial charge in [0.1, 0.15) is 5.41 Å². The fourth-order valence-corrected chi connectivity index (χ4v) is 3.94. The lowest BCUT2D eigenvalue weighted by Gasteiger charge is -2.40. The summed E-state index contributed by atoms with van der Waals surface area (Å²) in [6, 6.07) is 0.225. The number of carbonyl (C=O) groups is 2. The molecule has 3 rings (SSSR count). The normalized spacial score (nSPS) is 25.0. The lowest BCUT2D eigenvalue weighted by atomic mass is 9.87. The molecule has 0 aromatic rings. The Bertz CT molecular complexity index is 469. The molecule has 6 heteroatoms. The van der Waals surface area contributed by atoms with Crippen molar-refractivity contribution in [2.45, 2.75) is 70.6 Å². The van der Waals surface area contributed by atoms with Crippen molar-refractivity contribution in [3.05, 3.63) is 0 Å². The van der Waals surface area contributed by atoms with Gasteiger partial charge in [-0.25, -0.2) is 0 Å². The molecule has 3 aliphatic rings. The topological polar surface area (TPSA) is 67.9 Å². The molecule has 1 aliphatic carbocycles. The molecule has 2 heterocycles. The molecule has 0 aromatic carbocycles. The van der Waals surface area contributed by atoms with E-state index in [2.05, 4.69) is 5.32 Å². The second-order valence-electron chi connectivity index (χ2n) is 7.83. The molecule has 6 nitrogen and oxygen atoms in total. The standard InChI is InChI=1S/C18H30N2O4/c1-17(2,15(21)19-14-6-4-3-5-7-14)16(22)20-10-8-18(9-11-20)23-12-13-24-18/h14H,3-13H2,1-2H3,(H,19,21). The van der Waals surface area contributed by atoms with Gasteiger partial charge in [-0.1, -0.05) is 19.3 Å². The Hall–Kier alpha value is -1.14. The third-order valence-electron chi connectivity index (χ3n) is 5.67. The van der Waals surface area contributed by atoms with Crippen molar-refractivity contribution in [1.29, 1.82) is 0 Å². The molecular formula is C18H30N2O4. The summed E-state index contributed by atoms with van der Waals surface area (Å²) in [5.74, 6) is -0.734. The third-order valence-corrected chi connectivity index (χ3v) is 5.67. The summed E-state index contributed by atoms with van der Waals surface area (Å²) >= 11 is 0. The van der Waals surface area contributed by atoms with Crippen LogP contribution in [-0.2, 0) is 19.1 Å². The van der Waals surface area contributed by atoms with E-state index in [0.29, 0.717) is 39.1 Å². The second-order valence-corrected chi connectivity index (χ2v) is 7.83. The molecule has 0 radical (unpaired) electrons. The molecule has 0 aromatic heterocycles. The molecule has 136 valence electrons. The maximum absolute atomic E-state index is 12.9. The first kappa shape index (κ1) is 17.7. The maximum Gasteiger partial charge on any atom is 0.237 e. The first-order valence-electron chi connectivity index (χ1n) is 9.31. The predicted molar refractivity (Wildman–Crippen MR) is 89.2 cm³/mol. The largest absolute Gasteiger partial charge is 0.352 e. The highest BCUT2D eigenvalue weighted by Crippen LogP contribution is 2.33. The molecule has 3 fully saturated rings. The second kappa shape index (κ2) is 7.00. The Morgan fingerprint density at radius 2 is 1.62 bits per heavy atom. The number of hydrogen-bond acceptors (Lipinski definition) is 4. The van der Waals surface area contributed by atoms with Crippen molar-refractivity contribution in [1.82, 2.24) is 10.2 Å². The first-order chi connectivity index (χ1) is 11.4. The molecule has 2 saturated heterocycles. The van der Waals surface area contributed by atoms with E-state index >= 15 is 0 Å². The van der Waals surface area contributed by atoms with Crippen molar-refractivity contribution in [2.24, 2.45) is 5.41 Å². The Kier molecular flexibility index (Phi) is 5.16. The zero-order chi connectivity index (χ0) is 17.2. The van der Waals surface area contributed by atoms with Crippen LogP contribution in [0.4, 0.5) is 0 Å². The highest BCUT2D eigenvalue weighted by molar-refractivity contribution is 6.04. The van der Waals surface area contributed by atoms with E-state index in [9.17, 15) is 9.59 Å². The average Bonchev–Trinajstić information content (AvgIpc) is 3.04. The molecule has 2 amide bonds. The Morgan fingerprint density at radius 3 is 2.21 bits per heavy atom. The lowest BCUT2D eigenvalue weighted by molar-refractivity contribution is -0.189. The molecule has 0 unspecified atom stereocenters. The fourth-order valence-electron chi connectivity index (χ4n) is 3.94. The zero-order valence-electron chi connectivity index (χ0n) is 14.9. The summed E-state index contributed by atoms with van der Waals surface area (Å²) < 4.78 is 11.4. The van der Waals surface area contributed by atoms with Crippen LogP contribution >= 0.6 is 0 Å². The van der Waals surface area contributed by atoms with Crippen molar-refractivity contribution >= 4 is 11.8 Å². The first-order valence-corrected chi connectivity index (χ1v) is 9.31. The van der Waals surface area contributed by atoms with Crippen LogP contribution in [0.2, 0.25) is 0 Å². The Morgan fingerprint density at radius 1 is 1.04 bits per heavy atom. The van der Waals surface area contributed by atoms with Gasteiger partial charge in [0, 0.05) is 32.0 Å². The molecule has 1 spiro atoms. The summed E-state index contributed by atoms with van der Waals surface area (Å²) in [5, 5.41) is 3.09. The van der Waals surface area contributed by atoms with Gasteiger partial charge in [-0.05, 0) is 26.7 Å². The zero-order valence-corrected chi connectivity index (χ0v) is 14.9. The molecule has 0 atom stereocenters. The van der Waals surface area contributed by atoms with Gasteiger partial charge in [-0.2, -0.15) is 0 Å². The van der Waals surface area contributed by atoms with Crippen LogP contribution in [-0.4, -0.2) is 54.8 Å². The van der Waals surface area contributed by atoms with Crippen LogP contribution in [0, 0.1) is 5.41 Å². The number of piperidine rings is 1. The van der Waals surface area contributed by atoms with Crippen LogP contribution in [0.3, 0.4) is 0 Å². The van der Waals surface area contributed by atoms with Crippen LogP contribution in [0.15, 0.2) is 0 Å². The van der Waals surface area contributed by atoms with Gasteiger partial charge in [0.25, 0.3) is 0 Å². The predicted octanol–water partition coefficient (Wildman–Crippen LogP) is 1.83. The van der Waals surface area contributed by atoms with Crippen molar-refractivity contribution in [3.63, 3.8) is 0 Å². The summed E-state index contributed by atoms with van der Waals surface area (Å²) in [7, 11) is 0. The van der Waals surface area contributed by atoms with Gasteiger partial charge in [-0.15, -0.1) is 0 Å². The molecule has 2 aliphatic heterocycles. The SMILES string of the molecule is CC(C)(C(=O)NC1CCCCC1)C(=O)N1CCC2(CC1)OCCO2. The van der Waals surface area contributed by atoms with E-state index in [4.69, 9.17) is 9.47 Å². The fraction of sp³-hybridized carbons (Fsp3) is 0.889. The third kappa shape index (κ3) is 3.59. The van der Waals surface area contributed by atoms with Gasteiger partial charge >= 0.3 is 0 Å². The monoisotopic (exact) mass is 338 g/mol. The molecule has 1 N–H and O–H groups in total. The number of likely N-dealkylation sites (tertiary alicyclic amines) is 1. The minimum Gasteiger partial charge on any atom is -0.352 e. The molecular weight excluding hydrogens is 308 g/mol. The van der Waals surface area contributed by atoms with E-state index in [1.807, 2.05) is 0 Å². The summed E-state index contributed by atoms with van der Waals surface area (Å²) in [4.78, 5) is 27.3. The van der Waals surface area contributed by atoms with E-state index in [0.717, 1.165) is 25.7 Å². The van der Waals surface area contributed by atoms with Crippen molar-refractivity contribution < 1.29 is 19.1 Å². The smallest absolute Gasteiger partial charge is 0.237 e. The highest BCUT2D eigenvalue weighted by atomic mass is 16.7. The number of nitrogens with zero attached hydrogens (tertiary/aromatic N) is 1. The number of ether oxygens (including phenoxy) is 2. The van der Waals surface area contributed by atoms with Gasteiger partial charge in [0.15, 0.2) is 5.79 Å². The van der Waals surface area contributed by atoms with Crippen molar-refractivity contribution in [2.75, 3.05) is 26.3 Å². The van der Waals surface area contributed by atoms with Gasteiger partial charge in [-0.3, -0.25) is 9.59 Å². The van der Waals surface area contributed by atoms with Crippen LogP contribution < -0.4 is 5.32 Å². The Balaban J connectivity index is 1.55. The minimum atomic E-state index is -1.03.